The van der Waals surface area contributed by atoms with Gasteiger partial charge < -0.3 is 15.6 Å². The van der Waals surface area contributed by atoms with Gasteiger partial charge in [0.25, 0.3) is 5.89 Å². The topological polar surface area (TPSA) is 94.0 Å². The molecule has 0 aliphatic carbocycles. The van der Waals surface area contributed by atoms with E-state index in [0.717, 1.165) is 30.5 Å². The van der Waals surface area contributed by atoms with Crippen molar-refractivity contribution in [1.82, 2.24) is 15.5 Å². The molecular weight excluding hydrogens is 328 g/mol. The summed E-state index contributed by atoms with van der Waals surface area (Å²) in [6, 6.07) is 15.5. The van der Waals surface area contributed by atoms with Crippen molar-refractivity contribution in [2.45, 2.75) is 26.3 Å². The summed E-state index contributed by atoms with van der Waals surface area (Å²) >= 11 is 0. The Labute approximate surface area is 152 Å². The molecular formula is C20H22N4O2. The van der Waals surface area contributed by atoms with Crippen molar-refractivity contribution in [3.63, 3.8) is 0 Å². The van der Waals surface area contributed by atoms with Crippen LogP contribution in [0.1, 0.15) is 34.2 Å². The van der Waals surface area contributed by atoms with E-state index < -0.39 is 5.91 Å². The maximum atomic E-state index is 11.2. The molecule has 1 heterocycles. The van der Waals surface area contributed by atoms with E-state index in [1.54, 1.807) is 6.07 Å². The van der Waals surface area contributed by atoms with E-state index in [1.165, 1.54) is 5.56 Å². The fourth-order valence-corrected chi connectivity index (χ4v) is 2.63. The number of nitrogens with zero attached hydrogens (tertiary/aromatic N) is 2. The molecule has 0 saturated carbocycles. The first-order valence-corrected chi connectivity index (χ1v) is 8.67. The lowest BCUT2D eigenvalue weighted by atomic mass is 10.1. The number of aryl methyl sites for hydroxylation is 1. The Morgan fingerprint density at radius 3 is 2.65 bits per heavy atom. The molecule has 0 radical (unpaired) electrons. The summed E-state index contributed by atoms with van der Waals surface area (Å²) in [5, 5.41) is 7.30. The van der Waals surface area contributed by atoms with E-state index in [-0.39, 0.29) is 0 Å². The Bertz CT molecular complexity index is 872. The monoisotopic (exact) mass is 350 g/mol. The van der Waals surface area contributed by atoms with Gasteiger partial charge >= 0.3 is 0 Å². The molecule has 26 heavy (non-hydrogen) atoms. The van der Waals surface area contributed by atoms with Gasteiger partial charge in [-0.1, -0.05) is 36.3 Å². The second-order valence-corrected chi connectivity index (χ2v) is 6.06. The van der Waals surface area contributed by atoms with Crippen LogP contribution in [0.3, 0.4) is 0 Å². The number of amides is 1. The molecule has 0 saturated heterocycles. The molecule has 0 atom stereocenters. The molecule has 1 aromatic heterocycles. The molecule has 0 unspecified atom stereocenters. The zero-order valence-corrected chi connectivity index (χ0v) is 14.7. The van der Waals surface area contributed by atoms with Gasteiger partial charge in [0.1, 0.15) is 0 Å². The lowest BCUT2D eigenvalue weighted by Crippen LogP contribution is -2.17. The molecule has 0 spiro atoms. The van der Waals surface area contributed by atoms with Gasteiger partial charge in [-0.05, 0) is 48.4 Å². The number of benzene rings is 2. The molecule has 0 aliphatic rings. The minimum atomic E-state index is -0.403. The lowest BCUT2D eigenvalue weighted by molar-refractivity contribution is 0.1000. The first kappa shape index (κ1) is 17.8. The maximum Gasteiger partial charge on any atom is 0.257 e. The Morgan fingerprint density at radius 2 is 1.96 bits per heavy atom. The van der Waals surface area contributed by atoms with E-state index in [1.807, 2.05) is 37.3 Å². The van der Waals surface area contributed by atoms with Crippen LogP contribution in [0, 0.1) is 0 Å². The molecule has 0 fully saturated rings. The van der Waals surface area contributed by atoms with Crippen LogP contribution in [0.5, 0.6) is 0 Å². The first-order valence-electron chi connectivity index (χ1n) is 8.67. The second-order valence-electron chi connectivity index (χ2n) is 6.06. The largest absolute Gasteiger partial charge is 0.366 e. The first-order chi connectivity index (χ1) is 12.7. The lowest BCUT2D eigenvalue weighted by Gasteiger charge is -2.06. The standard InChI is InChI=1S/C20H22N4O2/c1-2-18-23-20(26-24-18)16-8-6-14(7-9-16)10-11-22-13-15-4-3-5-17(12-15)19(21)25/h3-9,12,22H,2,10-11,13H2,1H3,(H2,21,25). The van der Waals surface area contributed by atoms with Crippen molar-refractivity contribution >= 4 is 5.91 Å². The van der Waals surface area contributed by atoms with Crippen molar-refractivity contribution in [2.75, 3.05) is 6.54 Å². The van der Waals surface area contributed by atoms with Crippen LogP contribution >= 0.6 is 0 Å². The predicted octanol–water partition coefficient (Wildman–Crippen LogP) is 2.73. The number of rotatable bonds is 8. The van der Waals surface area contributed by atoms with E-state index in [4.69, 9.17) is 10.3 Å². The fourth-order valence-electron chi connectivity index (χ4n) is 2.63. The van der Waals surface area contributed by atoms with Crippen molar-refractivity contribution in [3.05, 3.63) is 71.0 Å². The Morgan fingerprint density at radius 1 is 1.15 bits per heavy atom. The fraction of sp³-hybridized carbons (Fsp3) is 0.250. The summed E-state index contributed by atoms with van der Waals surface area (Å²) in [5.41, 5.74) is 9.03. The summed E-state index contributed by atoms with van der Waals surface area (Å²) in [6.07, 6.45) is 1.66. The Kier molecular flexibility index (Phi) is 5.76. The highest BCUT2D eigenvalue weighted by Crippen LogP contribution is 2.18. The molecule has 3 N–H and O–H groups in total. The smallest absolute Gasteiger partial charge is 0.257 e. The van der Waals surface area contributed by atoms with Crippen molar-refractivity contribution in [3.8, 4) is 11.5 Å². The van der Waals surface area contributed by atoms with Gasteiger partial charge in [0.2, 0.25) is 5.91 Å². The number of carbonyl (C=O) groups is 1. The average Bonchev–Trinajstić information content (AvgIpc) is 3.15. The van der Waals surface area contributed by atoms with Crippen molar-refractivity contribution in [2.24, 2.45) is 5.73 Å². The Hall–Kier alpha value is -2.99. The van der Waals surface area contributed by atoms with E-state index in [9.17, 15) is 4.79 Å². The van der Waals surface area contributed by atoms with Crippen LogP contribution in [0.25, 0.3) is 11.5 Å². The Balaban J connectivity index is 1.49. The number of hydrogen-bond acceptors (Lipinski definition) is 5. The van der Waals surface area contributed by atoms with Crippen LogP contribution in [0.2, 0.25) is 0 Å². The number of nitrogens with one attached hydrogen (secondary N) is 1. The molecule has 1 amide bonds. The summed E-state index contributed by atoms with van der Waals surface area (Å²) in [4.78, 5) is 15.5. The molecule has 6 nitrogen and oxygen atoms in total. The SMILES string of the molecule is CCc1noc(-c2ccc(CCNCc3cccc(C(N)=O)c3)cc2)n1. The minimum Gasteiger partial charge on any atom is -0.366 e. The van der Waals surface area contributed by atoms with E-state index in [2.05, 4.69) is 27.6 Å². The number of carbonyl (C=O) groups excluding carboxylic acids is 1. The van der Waals surface area contributed by atoms with Crippen LogP contribution in [-0.4, -0.2) is 22.6 Å². The zero-order valence-electron chi connectivity index (χ0n) is 14.7. The van der Waals surface area contributed by atoms with Crippen molar-refractivity contribution < 1.29 is 9.32 Å². The van der Waals surface area contributed by atoms with Crippen molar-refractivity contribution in [1.29, 1.82) is 0 Å². The summed E-state index contributed by atoms with van der Waals surface area (Å²) in [7, 11) is 0. The van der Waals surface area contributed by atoms with Gasteiger partial charge in [-0.3, -0.25) is 4.79 Å². The minimum absolute atomic E-state index is 0.403. The van der Waals surface area contributed by atoms with E-state index >= 15 is 0 Å². The maximum absolute atomic E-state index is 11.2. The third kappa shape index (κ3) is 4.55. The predicted molar refractivity (Wildman–Crippen MR) is 99.5 cm³/mol. The zero-order chi connectivity index (χ0) is 18.4. The second kappa shape index (κ2) is 8.40. The highest BCUT2D eigenvalue weighted by molar-refractivity contribution is 5.92. The van der Waals surface area contributed by atoms with Crippen LogP contribution < -0.4 is 11.1 Å². The highest BCUT2D eigenvalue weighted by atomic mass is 16.5. The third-order valence-corrected chi connectivity index (χ3v) is 4.12. The highest BCUT2D eigenvalue weighted by Gasteiger charge is 2.07. The molecule has 2 aromatic carbocycles. The van der Waals surface area contributed by atoms with Crippen LogP contribution in [0.15, 0.2) is 53.1 Å². The summed E-state index contributed by atoms with van der Waals surface area (Å²) in [5.74, 6) is 0.869. The normalized spacial score (nSPS) is 10.8. The molecule has 0 aliphatic heterocycles. The van der Waals surface area contributed by atoms with Crippen LogP contribution in [-0.2, 0) is 19.4 Å². The number of nitrogens with two attached hydrogens (primary N) is 1. The van der Waals surface area contributed by atoms with Gasteiger partial charge in [-0.15, -0.1) is 0 Å². The average molecular weight is 350 g/mol. The number of primary amides is 1. The van der Waals surface area contributed by atoms with E-state index in [0.29, 0.717) is 23.8 Å². The molecule has 6 heteroatoms. The van der Waals surface area contributed by atoms with Gasteiger partial charge in [0.05, 0.1) is 0 Å². The molecule has 3 rings (SSSR count). The number of aromatic nitrogens is 2. The third-order valence-electron chi connectivity index (χ3n) is 4.12. The summed E-state index contributed by atoms with van der Waals surface area (Å²) < 4.78 is 5.25. The molecule has 0 bridgehead atoms. The quantitative estimate of drug-likeness (QED) is 0.609. The van der Waals surface area contributed by atoms with Gasteiger partial charge in [-0.2, -0.15) is 4.98 Å². The van der Waals surface area contributed by atoms with Gasteiger partial charge in [0.15, 0.2) is 5.82 Å². The van der Waals surface area contributed by atoms with Crippen LogP contribution in [0.4, 0.5) is 0 Å². The summed E-state index contributed by atoms with van der Waals surface area (Å²) in [6.45, 7) is 3.52. The molecule has 3 aromatic rings. The molecule has 134 valence electrons. The van der Waals surface area contributed by atoms with Gasteiger partial charge in [0, 0.05) is 24.1 Å². The van der Waals surface area contributed by atoms with Gasteiger partial charge in [-0.25, -0.2) is 0 Å². The number of hydrogen-bond donors (Lipinski definition) is 2.